The zero-order valence-electron chi connectivity index (χ0n) is 7.59. The number of imidazole rings is 1. The first-order chi connectivity index (χ1) is 7.83. The molecule has 0 spiro atoms. The Balaban J connectivity index is 2.11. The summed E-state index contributed by atoms with van der Waals surface area (Å²) in [5, 5.41) is 8.55. The topological polar surface area (TPSA) is 80.2 Å². The van der Waals surface area contributed by atoms with E-state index in [1.165, 1.54) is 23.1 Å². The lowest BCUT2D eigenvalue weighted by molar-refractivity contribution is 1.00. The molecule has 80 valence electrons. The first-order valence-corrected chi connectivity index (χ1v) is 6.21. The molecule has 9 heteroatoms. The van der Waals surface area contributed by atoms with Crippen LogP contribution >= 0.6 is 34.7 Å². The van der Waals surface area contributed by atoms with E-state index in [0.29, 0.717) is 10.7 Å². The van der Waals surface area contributed by atoms with Crippen LogP contribution in [0.1, 0.15) is 0 Å². The lowest BCUT2D eigenvalue weighted by Crippen LogP contribution is -1.88. The van der Waals surface area contributed by atoms with Crippen molar-refractivity contribution in [2.45, 2.75) is 9.37 Å². The summed E-state index contributed by atoms with van der Waals surface area (Å²) >= 11 is 8.62. The number of nitrogens with one attached hydrogen (secondary N) is 1. The Morgan fingerprint density at radius 3 is 3.12 bits per heavy atom. The van der Waals surface area contributed by atoms with E-state index in [1.54, 1.807) is 11.8 Å². The molecule has 0 amide bonds. The smallest absolute Gasteiger partial charge is 0.225 e. The number of H-pyrrole nitrogens is 1. The zero-order valence-corrected chi connectivity index (χ0v) is 9.97. The molecule has 0 aliphatic rings. The first-order valence-electron chi connectivity index (χ1n) is 4.13. The van der Waals surface area contributed by atoms with Crippen molar-refractivity contribution in [3.8, 4) is 0 Å². The number of halogens is 1. The molecule has 3 heterocycles. The summed E-state index contributed by atoms with van der Waals surface area (Å²) in [6.45, 7) is 0. The van der Waals surface area contributed by atoms with E-state index < -0.39 is 0 Å². The predicted molar refractivity (Wildman–Crippen MR) is 60.7 cm³/mol. The zero-order chi connectivity index (χ0) is 11.0. The van der Waals surface area contributed by atoms with Gasteiger partial charge in [-0.15, -0.1) is 10.2 Å². The monoisotopic (exact) mass is 270 g/mol. The van der Waals surface area contributed by atoms with Gasteiger partial charge in [0.05, 0.1) is 6.33 Å². The van der Waals surface area contributed by atoms with Crippen LogP contribution in [0.5, 0.6) is 0 Å². The van der Waals surface area contributed by atoms with Crippen LogP contribution in [-0.4, -0.2) is 30.1 Å². The van der Waals surface area contributed by atoms with E-state index in [2.05, 4.69) is 30.1 Å². The van der Waals surface area contributed by atoms with E-state index >= 15 is 0 Å². The van der Waals surface area contributed by atoms with Crippen LogP contribution in [0.15, 0.2) is 21.2 Å². The van der Waals surface area contributed by atoms with Gasteiger partial charge in [-0.1, -0.05) is 11.3 Å². The quantitative estimate of drug-likeness (QED) is 0.567. The Kier molecular flexibility index (Phi) is 2.46. The average Bonchev–Trinajstić information content (AvgIpc) is 2.87. The number of hydrogen-bond acceptors (Lipinski definition) is 7. The molecule has 3 aromatic rings. The Labute approximate surface area is 103 Å². The highest BCUT2D eigenvalue weighted by molar-refractivity contribution is 8.01. The number of fused-ring (bicyclic) bond motifs is 1. The van der Waals surface area contributed by atoms with Gasteiger partial charge in [0.25, 0.3) is 0 Å². The highest BCUT2D eigenvalue weighted by atomic mass is 35.5. The van der Waals surface area contributed by atoms with Crippen molar-refractivity contribution >= 4 is 45.9 Å². The van der Waals surface area contributed by atoms with Crippen molar-refractivity contribution < 1.29 is 0 Å². The maximum Gasteiger partial charge on any atom is 0.225 e. The third kappa shape index (κ3) is 1.75. The van der Waals surface area contributed by atoms with Crippen LogP contribution < -0.4 is 0 Å². The standard InChI is InChI=1S/C7H3ClN6S2/c8-6-12-4-3(9-1-10-4)5(13-6)16-7-14-11-2-15-7/h1-2H,(H,9,10,12,13). The number of aromatic amines is 1. The van der Waals surface area contributed by atoms with Crippen molar-refractivity contribution in [2.24, 2.45) is 0 Å². The molecule has 1 N–H and O–H groups in total. The van der Waals surface area contributed by atoms with Crippen molar-refractivity contribution in [3.05, 3.63) is 17.1 Å². The molecule has 0 atom stereocenters. The summed E-state index contributed by atoms with van der Waals surface area (Å²) in [4.78, 5) is 15.1. The van der Waals surface area contributed by atoms with Gasteiger partial charge in [-0.3, -0.25) is 0 Å². The van der Waals surface area contributed by atoms with Crippen LogP contribution in [0, 0.1) is 0 Å². The molecular formula is C7H3ClN6S2. The van der Waals surface area contributed by atoms with E-state index in [4.69, 9.17) is 11.6 Å². The molecule has 3 rings (SSSR count). The summed E-state index contributed by atoms with van der Waals surface area (Å²) in [5.74, 6) is 0. The van der Waals surface area contributed by atoms with Gasteiger partial charge in [-0.2, -0.15) is 4.98 Å². The highest BCUT2D eigenvalue weighted by Crippen LogP contribution is 2.31. The van der Waals surface area contributed by atoms with Crippen LogP contribution in [0.25, 0.3) is 11.2 Å². The third-order valence-electron chi connectivity index (χ3n) is 1.75. The third-order valence-corrected chi connectivity index (χ3v) is 3.68. The van der Waals surface area contributed by atoms with Gasteiger partial charge in [-0.25, -0.2) is 9.97 Å². The second kappa shape index (κ2) is 3.96. The molecule has 0 aromatic carbocycles. The maximum absolute atomic E-state index is 5.80. The average molecular weight is 271 g/mol. The summed E-state index contributed by atoms with van der Waals surface area (Å²) < 4.78 is 0.797. The molecule has 0 aliphatic heterocycles. The minimum atomic E-state index is 0.173. The van der Waals surface area contributed by atoms with E-state index in [1.807, 2.05) is 0 Å². The molecular weight excluding hydrogens is 268 g/mol. The molecule has 6 nitrogen and oxygen atoms in total. The normalized spacial score (nSPS) is 11.1. The Morgan fingerprint density at radius 1 is 1.38 bits per heavy atom. The van der Waals surface area contributed by atoms with Gasteiger partial charge < -0.3 is 4.98 Å². The molecule has 0 unspecified atom stereocenters. The van der Waals surface area contributed by atoms with E-state index in [9.17, 15) is 0 Å². The molecule has 0 fully saturated rings. The fourth-order valence-corrected chi connectivity index (χ4v) is 2.83. The fourth-order valence-electron chi connectivity index (χ4n) is 1.15. The van der Waals surface area contributed by atoms with E-state index in [0.717, 1.165) is 9.86 Å². The van der Waals surface area contributed by atoms with Crippen LogP contribution in [-0.2, 0) is 0 Å². The Bertz CT molecular complexity index is 621. The predicted octanol–water partition coefficient (Wildman–Crippen LogP) is 2.01. The van der Waals surface area contributed by atoms with Gasteiger partial charge in [0.2, 0.25) is 5.28 Å². The van der Waals surface area contributed by atoms with Gasteiger partial charge in [-0.05, 0) is 23.4 Å². The highest BCUT2D eigenvalue weighted by Gasteiger charge is 2.11. The summed E-state index contributed by atoms with van der Waals surface area (Å²) in [5.41, 5.74) is 2.96. The van der Waals surface area contributed by atoms with Gasteiger partial charge in [0, 0.05) is 0 Å². The van der Waals surface area contributed by atoms with Gasteiger partial charge in [0.15, 0.2) is 9.99 Å². The maximum atomic E-state index is 5.80. The number of aromatic nitrogens is 6. The molecule has 16 heavy (non-hydrogen) atoms. The number of hydrogen-bond donors (Lipinski definition) is 1. The van der Waals surface area contributed by atoms with Gasteiger partial charge in [0.1, 0.15) is 16.1 Å². The fraction of sp³-hybridized carbons (Fsp3) is 0. The van der Waals surface area contributed by atoms with Gasteiger partial charge >= 0.3 is 0 Å². The minimum Gasteiger partial charge on any atom is -0.341 e. The Hall–Kier alpha value is -1.25. The lowest BCUT2D eigenvalue weighted by Gasteiger charge is -1.98. The van der Waals surface area contributed by atoms with Crippen molar-refractivity contribution in [2.75, 3.05) is 0 Å². The molecule has 0 saturated carbocycles. The lowest BCUT2D eigenvalue weighted by atomic mass is 10.6. The minimum absolute atomic E-state index is 0.173. The number of nitrogens with zero attached hydrogens (tertiary/aromatic N) is 5. The second-order valence-electron chi connectivity index (χ2n) is 2.71. The second-order valence-corrected chi connectivity index (χ2v) is 5.11. The molecule has 0 radical (unpaired) electrons. The molecule has 3 aromatic heterocycles. The first kappa shape index (κ1) is 9.94. The SMILES string of the molecule is Clc1nc(Sc2nncs2)c2[nH]cnc2n1. The van der Waals surface area contributed by atoms with Crippen LogP contribution in [0.4, 0.5) is 0 Å². The van der Waals surface area contributed by atoms with Crippen LogP contribution in [0.2, 0.25) is 5.28 Å². The summed E-state index contributed by atoms with van der Waals surface area (Å²) in [7, 11) is 0. The largest absolute Gasteiger partial charge is 0.341 e. The summed E-state index contributed by atoms with van der Waals surface area (Å²) in [6.07, 6.45) is 1.56. The molecule has 0 aliphatic carbocycles. The van der Waals surface area contributed by atoms with Crippen molar-refractivity contribution in [3.63, 3.8) is 0 Å². The van der Waals surface area contributed by atoms with E-state index in [-0.39, 0.29) is 5.28 Å². The molecule has 0 bridgehead atoms. The summed E-state index contributed by atoms with van der Waals surface area (Å²) in [6, 6.07) is 0. The Morgan fingerprint density at radius 2 is 2.31 bits per heavy atom. The number of rotatable bonds is 2. The molecule has 0 saturated heterocycles. The van der Waals surface area contributed by atoms with Crippen molar-refractivity contribution in [1.82, 2.24) is 30.1 Å². The van der Waals surface area contributed by atoms with Crippen molar-refractivity contribution in [1.29, 1.82) is 0 Å². The van der Waals surface area contributed by atoms with Crippen LogP contribution in [0.3, 0.4) is 0 Å².